The Balaban J connectivity index is 2.36. The lowest BCUT2D eigenvalue weighted by molar-refractivity contribution is 0.461. The zero-order valence-corrected chi connectivity index (χ0v) is 13.2. The topological polar surface area (TPSA) is 48.1 Å². The van der Waals surface area contributed by atoms with E-state index in [2.05, 4.69) is 20.9 Å². The van der Waals surface area contributed by atoms with Crippen LogP contribution >= 0.6 is 39.1 Å². The second-order valence-corrected chi connectivity index (χ2v) is 5.63. The maximum absolute atomic E-state index is 6.10. The van der Waals surface area contributed by atoms with Gasteiger partial charge in [-0.25, -0.2) is 4.98 Å². The number of nitrogens with two attached hydrogens (primary N) is 1. The van der Waals surface area contributed by atoms with Gasteiger partial charge in [-0.15, -0.1) is 0 Å². The van der Waals surface area contributed by atoms with Crippen molar-refractivity contribution in [3.8, 4) is 11.6 Å². The molecule has 0 saturated heterocycles. The number of ether oxygens (including phenoxy) is 1. The Bertz CT molecular complexity index is 620. The van der Waals surface area contributed by atoms with Crippen molar-refractivity contribution in [1.29, 1.82) is 0 Å². The number of nitrogens with zero attached hydrogens (tertiary/aromatic N) is 1. The monoisotopic (exact) mass is 360 g/mol. The number of halogens is 3. The molecule has 1 aromatic carbocycles. The summed E-state index contributed by atoms with van der Waals surface area (Å²) in [5, 5.41) is 0.972. The Kier molecular flexibility index (Phi) is 4.68. The molecule has 19 heavy (non-hydrogen) atoms. The van der Waals surface area contributed by atoms with E-state index in [-0.39, 0.29) is 0 Å². The van der Waals surface area contributed by atoms with Crippen LogP contribution in [0.1, 0.15) is 11.3 Å². The van der Waals surface area contributed by atoms with Gasteiger partial charge in [-0.1, -0.05) is 23.2 Å². The van der Waals surface area contributed by atoms with Crippen molar-refractivity contribution >= 4 is 39.1 Å². The maximum Gasteiger partial charge on any atom is 0.219 e. The molecule has 6 heteroatoms. The van der Waals surface area contributed by atoms with Crippen molar-refractivity contribution in [2.24, 2.45) is 5.73 Å². The number of benzene rings is 1. The molecule has 0 atom stereocenters. The standard InChI is InChI=1S/C13H11BrCl2N2O/c1-7-2-8(6-17)3-13(18-7)19-12-5-10(15)9(14)4-11(12)16/h2-5H,6,17H2,1H3. The van der Waals surface area contributed by atoms with Gasteiger partial charge in [0, 0.05) is 28.8 Å². The fourth-order valence-corrected chi connectivity index (χ4v) is 2.40. The third-order valence-corrected chi connectivity index (χ3v) is 3.91. The number of aromatic nitrogens is 1. The van der Waals surface area contributed by atoms with Crippen LogP contribution in [0.2, 0.25) is 10.0 Å². The molecule has 0 bridgehead atoms. The first kappa shape index (κ1) is 14.6. The summed E-state index contributed by atoms with van der Waals surface area (Å²) in [5.41, 5.74) is 7.40. The third kappa shape index (κ3) is 3.60. The van der Waals surface area contributed by atoms with Crippen LogP contribution in [-0.4, -0.2) is 4.98 Å². The van der Waals surface area contributed by atoms with Gasteiger partial charge in [-0.05, 0) is 40.5 Å². The van der Waals surface area contributed by atoms with E-state index in [4.69, 9.17) is 33.7 Å². The van der Waals surface area contributed by atoms with E-state index in [1.807, 2.05) is 13.0 Å². The highest BCUT2D eigenvalue weighted by Gasteiger charge is 2.09. The lowest BCUT2D eigenvalue weighted by atomic mass is 10.2. The second-order valence-electron chi connectivity index (χ2n) is 3.96. The minimum Gasteiger partial charge on any atom is -0.437 e. The van der Waals surface area contributed by atoms with Crippen molar-refractivity contribution in [2.45, 2.75) is 13.5 Å². The van der Waals surface area contributed by atoms with Crippen LogP contribution in [0.4, 0.5) is 0 Å². The van der Waals surface area contributed by atoms with Crippen molar-refractivity contribution in [1.82, 2.24) is 4.98 Å². The summed E-state index contributed by atoms with van der Waals surface area (Å²) in [6.45, 7) is 2.30. The first-order valence-electron chi connectivity index (χ1n) is 5.49. The quantitative estimate of drug-likeness (QED) is 0.805. The maximum atomic E-state index is 6.10. The Morgan fingerprint density at radius 2 is 1.95 bits per heavy atom. The number of hydrogen-bond acceptors (Lipinski definition) is 3. The number of aryl methyl sites for hydroxylation is 1. The Labute approximate surface area is 129 Å². The van der Waals surface area contributed by atoms with E-state index < -0.39 is 0 Å². The molecular weight excluding hydrogens is 351 g/mol. The van der Waals surface area contributed by atoms with E-state index in [1.54, 1.807) is 18.2 Å². The summed E-state index contributed by atoms with van der Waals surface area (Å²) in [7, 11) is 0. The fraction of sp³-hybridized carbons (Fsp3) is 0.154. The van der Waals surface area contributed by atoms with E-state index in [0.29, 0.717) is 32.7 Å². The highest BCUT2D eigenvalue weighted by atomic mass is 79.9. The number of pyridine rings is 1. The van der Waals surface area contributed by atoms with Gasteiger partial charge in [0.1, 0.15) is 5.75 Å². The van der Waals surface area contributed by atoms with Crippen molar-refractivity contribution < 1.29 is 4.74 Å². The first-order chi connectivity index (χ1) is 8.99. The van der Waals surface area contributed by atoms with Crippen LogP contribution in [0.3, 0.4) is 0 Å². The molecule has 0 spiro atoms. The van der Waals surface area contributed by atoms with Crippen LogP contribution in [-0.2, 0) is 6.54 Å². The van der Waals surface area contributed by atoms with Gasteiger partial charge in [0.15, 0.2) is 0 Å². The number of hydrogen-bond donors (Lipinski definition) is 1. The summed E-state index contributed by atoms with van der Waals surface area (Å²) >= 11 is 15.4. The molecule has 3 nitrogen and oxygen atoms in total. The van der Waals surface area contributed by atoms with E-state index in [0.717, 1.165) is 11.3 Å². The molecule has 2 aromatic rings. The smallest absolute Gasteiger partial charge is 0.219 e. The predicted octanol–water partition coefficient (Wildman–Crippen LogP) is 4.71. The molecular formula is C13H11BrCl2N2O. The van der Waals surface area contributed by atoms with Gasteiger partial charge in [-0.2, -0.15) is 0 Å². The molecule has 0 aliphatic carbocycles. The lowest BCUT2D eigenvalue weighted by Gasteiger charge is -2.10. The summed E-state index contributed by atoms with van der Waals surface area (Å²) in [5.74, 6) is 0.900. The molecule has 0 aliphatic rings. The second kappa shape index (κ2) is 6.09. The van der Waals surface area contributed by atoms with Gasteiger partial charge in [0.25, 0.3) is 0 Å². The van der Waals surface area contributed by atoms with Gasteiger partial charge < -0.3 is 10.5 Å². The molecule has 1 heterocycles. The lowest BCUT2D eigenvalue weighted by Crippen LogP contribution is -1.99. The number of rotatable bonds is 3. The molecule has 2 N–H and O–H groups in total. The predicted molar refractivity (Wildman–Crippen MR) is 81.1 cm³/mol. The zero-order valence-electron chi connectivity index (χ0n) is 10.1. The van der Waals surface area contributed by atoms with Crippen LogP contribution in [0, 0.1) is 6.92 Å². The van der Waals surface area contributed by atoms with E-state index >= 15 is 0 Å². The largest absolute Gasteiger partial charge is 0.437 e. The van der Waals surface area contributed by atoms with Crippen molar-refractivity contribution in [3.63, 3.8) is 0 Å². The fourth-order valence-electron chi connectivity index (χ4n) is 1.57. The van der Waals surface area contributed by atoms with Crippen LogP contribution in [0.15, 0.2) is 28.7 Å². The SMILES string of the molecule is Cc1cc(CN)cc(Oc2cc(Cl)c(Br)cc2Cl)n1. The van der Waals surface area contributed by atoms with E-state index in [9.17, 15) is 0 Å². The summed E-state index contributed by atoms with van der Waals surface area (Å²) in [6, 6.07) is 7.00. The summed E-state index contributed by atoms with van der Waals surface area (Å²) < 4.78 is 6.38. The molecule has 0 radical (unpaired) electrons. The first-order valence-corrected chi connectivity index (χ1v) is 7.04. The van der Waals surface area contributed by atoms with Gasteiger partial charge >= 0.3 is 0 Å². The molecule has 0 aliphatic heterocycles. The molecule has 100 valence electrons. The molecule has 0 amide bonds. The Morgan fingerprint density at radius 3 is 2.63 bits per heavy atom. The zero-order chi connectivity index (χ0) is 14.0. The summed E-state index contributed by atoms with van der Waals surface area (Å²) in [6.07, 6.45) is 0. The molecule has 1 aromatic heterocycles. The normalized spacial score (nSPS) is 10.6. The van der Waals surface area contributed by atoms with Crippen LogP contribution in [0.5, 0.6) is 11.6 Å². The average molecular weight is 362 g/mol. The Hall–Kier alpha value is -0.810. The average Bonchev–Trinajstić information content (AvgIpc) is 2.35. The van der Waals surface area contributed by atoms with Gasteiger partial charge in [-0.3, -0.25) is 0 Å². The van der Waals surface area contributed by atoms with Crippen LogP contribution < -0.4 is 10.5 Å². The summed E-state index contributed by atoms with van der Waals surface area (Å²) in [4.78, 5) is 4.28. The third-order valence-electron chi connectivity index (χ3n) is 2.41. The minimum atomic E-state index is 0.425. The van der Waals surface area contributed by atoms with Crippen molar-refractivity contribution in [3.05, 3.63) is 50.0 Å². The highest BCUT2D eigenvalue weighted by molar-refractivity contribution is 9.10. The van der Waals surface area contributed by atoms with Crippen molar-refractivity contribution in [2.75, 3.05) is 0 Å². The van der Waals surface area contributed by atoms with Gasteiger partial charge in [0.2, 0.25) is 5.88 Å². The van der Waals surface area contributed by atoms with Gasteiger partial charge in [0.05, 0.1) is 10.0 Å². The van der Waals surface area contributed by atoms with Crippen LogP contribution in [0.25, 0.3) is 0 Å². The molecule has 0 unspecified atom stereocenters. The van der Waals surface area contributed by atoms with E-state index in [1.165, 1.54) is 0 Å². The molecule has 0 fully saturated rings. The molecule has 2 rings (SSSR count). The Morgan fingerprint density at radius 1 is 1.21 bits per heavy atom. The highest BCUT2D eigenvalue weighted by Crippen LogP contribution is 2.36. The molecule has 0 saturated carbocycles. The minimum absolute atomic E-state index is 0.425.